The summed E-state index contributed by atoms with van der Waals surface area (Å²) >= 11 is 0. The normalized spacial score (nSPS) is 24.9. The largest absolute Gasteiger partial charge is 0.445 e. The second-order valence-corrected chi connectivity index (χ2v) is 37.3. The highest BCUT2D eigenvalue weighted by molar-refractivity contribution is 6.99. The van der Waals surface area contributed by atoms with Gasteiger partial charge in [0.25, 0.3) is 8.32 Å². The first-order valence-electron chi connectivity index (χ1n) is 43.3. The smallest absolute Gasteiger partial charge is 0.410 e. The molecule has 690 valence electrons. The molecular formula is C97H113N7O25Si. The van der Waals surface area contributed by atoms with Crippen molar-refractivity contribution in [1.82, 2.24) is 31.5 Å². The first-order valence-corrected chi connectivity index (χ1v) is 45.2. The van der Waals surface area contributed by atoms with E-state index in [0.29, 0.717) is 39.8 Å². The van der Waals surface area contributed by atoms with E-state index >= 15 is 0 Å². The third kappa shape index (κ3) is 26.1. The van der Waals surface area contributed by atoms with Gasteiger partial charge in [-0.1, -0.05) is 294 Å². The molecule has 3 saturated heterocycles. The molecular weight excluding hydrogens is 1690 g/mol. The Hall–Kier alpha value is -11.7. The highest BCUT2D eigenvalue weighted by Gasteiger charge is 2.59. The minimum absolute atomic E-state index is 0.0637. The van der Waals surface area contributed by atoms with E-state index in [1.54, 1.807) is 164 Å². The summed E-state index contributed by atoms with van der Waals surface area (Å²) in [4.78, 5) is 88.2. The zero-order valence-corrected chi connectivity index (χ0v) is 73.3. The monoisotopic (exact) mass is 1800 g/mol. The number of rotatable bonds is 37. The lowest BCUT2D eigenvalue weighted by atomic mass is 9.83. The summed E-state index contributed by atoms with van der Waals surface area (Å²) in [6, 6.07) is 74.8. The molecule has 0 spiro atoms. The number of benzene rings is 9. The van der Waals surface area contributed by atoms with Crippen LogP contribution in [0.4, 0.5) is 28.8 Å². The number of nitrogens with one attached hydrogen (secondary N) is 5. The molecule has 33 heteroatoms. The van der Waals surface area contributed by atoms with Gasteiger partial charge in [0.15, 0.2) is 18.9 Å². The van der Waals surface area contributed by atoms with Crippen molar-refractivity contribution in [2.45, 2.75) is 195 Å². The molecule has 0 aromatic heterocycles. The number of hydrogen-bond donors (Lipinski definition) is 11. The molecule has 12 N–H and O–H groups in total. The molecule has 0 unspecified atom stereocenters. The predicted molar refractivity (Wildman–Crippen MR) is 475 cm³/mol. The van der Waals surface area contributed by atoms with Crippen LogP contribution in [0.2, 0.25) is 5.04 Å². The van der Waals surface area contributed by atoms with Gasteiger partial charge in [-0.25, -0.2) is 28.8 Å². The first-order chi connectivity index (χ1) is 63.1. The SMILES string of the molecule is CC(C)(C)[Si](OC[C@H]1O[C@@H](O[C@@H]2[C@@H](O)[C@H](NC(=O)OCc3ccccc3)C[C@H](NC(=O)OCc3ccccc3)[C@H]2O[C@H]2O[C@H](CN)[C@@H](O)[C@H](O)[C@H]2NC(=O)OCc2ccccc2)[C@H](OCCN(CCc2ccccc2)C(=O)OCc2ccccc2)[C@@H]1O[C@H]1O[C@@H](CNC(=O)OCc2ccccc2)[C@@H](O)[C@H](O)[C@H]1NC(=O)OCc1ccccc1)(c1ccccc1)c1ccccc1. The number of nitrogens with zero attached hydrogens (tertiary/aromatic N) is 1. The van der Waals surface area contributed by atoms with Gasteiger partial charge in [-0.2, -0.15) is 0 Å². The number of nitrogens with two attached hydrogens (primary N) is 1. The van der Waals surface area contributed by atoms with Gasteiger partial charge in [0.2, 0.25) is 0 Å². The van der Waals surface area contributed by atoms with Gasteiger partial charge in [0, 0.05) is 26.2 Å². The number of aliphatic hydroxyl groups is 5. The van der Waals surface area contributed by atoms with Crippen molar-refractivity contribution in [3.8, 4) is 0 Å². The van der Waals surface area contributed by atoms with Crippen LogP contribution in [0.15, 0.2) is 273 Å². The first kappa shape index (κ1) is 95.8. The van der Waals surface area contributed by atoms with Crippen LogP contribution in [0.1, 0.15) is 66.1 Å². The van der Waals surface area contributed by atoms with Crippen LogP contribution in [0, 0.1) is 0 Å². The van der Waals surface area contributed by atoms with Gasteiger partial charge in [-0.3, -0.25) is 0 Å². The van der Waals surface area contributed by atoms with E-state index in [1.807, 2.05) is 130 Å². The van der Waals surface area contributed by atoms with Crippen molar-refractivity contribution in [2.75, 3.05) is 39.4 Å². The summed E-state index contributed by atoms with van der Waals surface area (Å²) in [7, 11) is -3.75. The maximum Gasteiger partial charge on any atom is 0.410 e. The number of carbonyl (C=O) groups is 6. The van der Waals surface area contributed by atoms with Crippen LogP contribution in [0.3, 0.4) is 0 Å². The van der Waals surface area contributed by atoms with Crippen LogP contribution in [-0.4, -0.2) is 231 Å². The Morgan fingerprint density at radius 3 is 1.16 bits per heavy atom. The summed E-state index contributed by atoms with van der Waals surface area (Å²) in [5.41, 5.74) is 10.9. The van der Waals surface area contributed by atoms with Gasteiger partial charge in [0.05, 0.1) is 25.3 Å². The minimum atomic E-state index is -3.75. The number of amides is 6. The average Bonchev–Trinajstić information content (AvgIpc) is 1.23. The Balaban J connectivity index is 0.955. The highest BCUT2D eigenvalue weighted by atomic mass is 28.4. The molecule has 1 aliphatic carbocycles. The molecule has 19 atom stereocenters. The lowest BCUT2D eigenvalue weighted by Gasteiger charge is -2.49. The topological polar surface area (TPSA) is 422 Å². The molecule has 6 amide bonds. The quantitative estimate of drug-likeness (QED) is 0.0128. The number of ether oxygens (including phenoxy) is 13. The van der Waals surface area contributed by atoms with Gasteiger partial charge in [-0.15, -0.1) is 0 Å². The Morgan fingerprint density at radius 2 is 0.738 bits per heavy atom. The average molecular weight is 1810 g/mol. The number of hydrogen-bond acceptors (Lipinski definition) is 26. The summed E-state index contributed by atoms with van der Waals surface area (Å²) in [5.74, 6) is 0. The van der Waals surface area contributed by atoms with Crippen LogP contribution < -0.4 is 42.7 Å². The van der Waals surface area contributed by atoms with Gasteiger partial charge >= 0.3 is 36.6 Å². The van der Waals surface area contributed by atoms with Crippen molar-refractivity contribution >= 4 is 55.3 Å². The van der Waals surface area contributed by atoms with Crippen molar-refractivity contribution < 1.29 is 120 Å². The Bertz CT molecular complexity index is 4930. The van der Waals surface area contributed by atoms with E-state index in [0.717, 1.165) is 15.9 Å². The highest BCUT2D eigenvalue weighted by Crippen LogP contribution is 2.41. The third-order valence-corrected chi connectivity index (χ3v) is 28.0. The predicted octanol–water partition coefficient (Wildman–Crippen LogP) is 8.43. The summed E-state index contributed by atoms with van der Waals surface area (Å²) < 4.78 is 92.5. The molecule has 4 fully saturated rings. The van der Waals surface area contributed by atoms with Crippen LogP contribution in [0.25, 0.3) is 0 Å². The van der Waals surface area contributed by atoms with Crippen LogP contribution in [0.5, 0.6) is 0 Å². The fourth-order valence-corrected chi connectivity index (χ4v) is 20.8. The van der Waals surface area contributed by atoms with E-state index in [1.165, 1.54) is 4.90 Å². The molecule has 32 nitrogen and oxygen atoms in total. The third-order valence-electron chi connectivity index (χ3n) is 23.0. The number of carbonyl (C=O) groups excluding carboxylic acids is 6. The summed E-state index contributed by atoms with van der Waals surface area (Å²) in [6.07, 6.45) is -33.7. The molecule has 0 radical (unpaired) electrons. The minimum Gasteiger partial charge on any atom is -0.445 e. The van der Waals surface area contributed by atoms with Crippen molar-refractivity contribution in [3.63, 3.8) is 0 Å². The van der Waals surface area contributed by atoms with Crippen LogP contribution in [-0.2, 0) is 112 Å². The van der Waals surface area contributed by atoms with E-state index in [4.69, 9.17) is 71.7 Å². The maximum atomic E-state index is 14.9. The standard InChI is InChI=1S/C97H113N7O25Si/c1-97(2,3)130(70-45-27-11-28-46-70,71-47-29-12-30-48-71)123-62-76-85(128-89-78(103-95(114)121-60-68-41-23-9-24-42-68)83(109)81(107)75(125-89)55-99-91(110)117-56-64-33-15-5-16-34-64)87(116-52-51-104(50-49-63-31-13-4-14-32-63)96(115)122-61-69-43-25-10-26-44-69)90(126-76)129-86-79(105)72(100-92(111)118-57-65-35-17-6-18-36-65)53-73(101-93(112)119-58-66-37-19-7-20-38-66)84(86)127-88-77(82(108)80(106)74(54-98)124-88)102-94(113)120-59-67-39-21-8-22-40-67/h4-48,72-90,105-109H,49-62,98H2,1-3H3,(H,99,110)(H,100,111)(H,101,112)(H,102,113)(H,103,114)/t72-,73+,74-,75+,76-,77-,78-,79+,80-,81-,82-,83-,84-,85-,86-,87-,88-,89-,90+/m1/s1. The van der Waals surface area contributed by atoms with E-state index in [-0.39, 0.29) is 52.7 Å². The lowest BCUT2D eigenvalue weighted by Crippen LogP contribution is -2.70. The maximum absolute atomic E-state index is 14.9. The molecule has 0 bridgehead atoms. The second-order valence-electron chi connectivity index (χ2n) is 33.0. The van der Waals surface area contributed by atoms with E-state index in [2.05, 4.69) is 26.6 Å². The van der Waals surface area contributed by atoms with Crippen molar-refractivity contribution in [1.29, 1.82) is 0 Å². The number of alkyl carbamates (subject to hydrolysis) is 5. The van der Waals surface area contributed by atoms with Crippen molar-refractivity contribution in [2.24, 2.45) is 5.73 Å². The van der Waals surface area contributed by atoms with Gasteiger partial charge in [-0.05, 0) is 67.2 Å². The van der Waals surface area contributed by atoms with Crippen LogP contribution >= 0.6 is 0 Å². The Morgan fingerprint density at radius 1 is 0.385 bits per heavy atom. The van der Waals surface area contributed by atoms with Gasteiger partial charge in [0.1, 0.15) is 125 Å². The molecule has 130 heavy (non-hydrogen) atoms. The number of aliphatic hydroxyl groups excluding tert-OH is 5. The second kappa shape index (κ2) is 47.2. The summed E-state index contributed by atoms with van der Waals surface area (Å²) in [5, 5.41) is 77.3. The Labute approximate surface area is 754 Å². The van der Waals surface area contributed by atoms with E-state index < -0.39 is 199 Å². The molecule has 9 aromatic rings. The molecule has 3 aliphatic heterocycles. The van der Waals surface area contributed by atoms with Crippen molar-refractivity contribution in [3.05, 3.63) is 312 Å². The Kier molecular flexibility index (Phi) is 34.8. The lowest BCUT2D eigenvalue weighted by molar-refractivity contribution is -0.312. The molecule has 3 heterocycles. The van der Waals surface area contributed by atoms with Gasteiger partial charge < -0.3 is 129 Å². The van der Waals surface area contributed by atoms with E-state index in [9.17, 15) is 54.3 Å². The molecule has 4 aliphatic rings. The molecule has 13 rings (SSSR count). The zero-order valence-electron chi connectivity index (χ0n) is 72.3. The summed E-state index contributed by atoms with van der Waals surface area (Å²) in [6.45, 7) is 2.69. The molecule has 9 aromatic carbocycles. The fourth-order valence-electron chi connectivity index (χ4n) is 16.2. The molecule has 1 saturated carbocycles. The fraction of sp³-hybridized carbons (Fsp3) is 0.381. The zero-order chi connectivity index (χ0) is 91.4.